The first kappa shape index (κ1) is 9.65. The van der Waals surface area contributed by atoms with E-state index in [-0.39, 0.29) is 5.56 Å². The van der Waals surface area contributed by atoms with Crippen LogP contribution in [-0.4, -0.2) is 0 Å². The van der Waals surface area contributed by atoms with Crippen molar-refractivity contribution in [2.24, 2.45) is 0 Å². The number of nitrogen functional groups attached to an aromatic ring is 1. The van der Waals surface area contributed by atoms with Gasteiger partial charge in [-0.2, -0.15) is 0 Å². The van der Waals surface area contributed by atoms with E-state index in [1.807, 2.05) is 0 Å². The van der Waals surface area contributed by atoms with Gasteiger partial charge in [-0.05, 0) is 18.2 Å². The molecule has 0 radical (unpaired) electrons. The van der Waals surface area contributed by atoms with Crippen molar-refractivity contribution in [3.05, 3.63) is 54.1 Å². The molecule has 0 unspecified atom stereocenters. The van der Waals surface area contributed by atoms with E-state index in [1.165, 1.54) is 18.2 Å². The quantitative estimate of drug-likeness (QED) is 0.711. The molecular formula is C12H9F2N. The molecule has 2 aromatic rings. The number of hydrogen-bond donors (Lipinski definition) is 1. The second-order valence-electron chi connectivity index (χ2n) is 3.18. The molecular weight excluding hydrogens is 196 g/mol. The van der Waals surface area contributed by atoms with Crippen molar-refractivity contribution >= 4 is 5.69 Å². The molecule has 0 spiro atoms. The summed E-state index contributed by atoms with van der Waals surface area (Å²) < 4.78 is 26.8. The van der Waals surface area contributed by atoms with Crippen LogP contribution in [0.5, 0.6) is 0 Å². The van der Waals surface area contributed by atoms with Crippen LogP contribution in [0.3, 0.4) is 0 Å². The molecule has 0 atom stereocenters. The van der Waals surface area contributed by atoms with E-state index >= 15 is 0 Å². The molecule has 0 aromatic heterocycles. The third-order valence-electron chi connectivity index (χ3n) is 2.19. The van der Waals surface area contributed by atoms with Gasteiger partial charge in [-0.1, -0.05) is 24.3 Å². The van der Waals surface area contributed by atoms with E-state index < -0.39 is 11.6 Å². The molecule has 2 aromatic carbocycles. The maximum Gasteiger partial charge on any atom is 0.134 e. The minimum atomic E-state index is -0.604. The van der Waals surface area contributed by atoms with Gasteiger partial charge in [-0.25, -0.2) is 8.78 Å². The van der Waals surface area contributed by atoms with E-state index in [4.69, 9.17) is 5.73 Å². The van der Waals surface area contributed by atoms with Gasteiger partial charge >= 0.3 is 0 Å². The zero-order valence-corrected chi connectivity index (χ0v) is 7.87. The zero-order valence-electron chi connectivity index (χ0n) is 7.87. The highest BCUT2D eigenvalue weighted by molar-refractivity contribution is 5.76. The molecule has 2 N–H and O–H groups in total. The van der Waals surface area contributed by atoms with Crippen molar-refractivity contribution in [2.45, 2.75) is 0 Å². The topological polar surface area (TPSA) is 26.0 Å². The van der Waals surface area contributed by atoms with Crippen LogP contribution in [0.4, 0.5) is 14.5 Å². The molecule has 2 rings (SSSR count). The van der Waals surface area contributed by atoms with Crippen molar-refractivity contribution < 1.29 is 8.78 Å². The Hall–Kier alpha value is -1.90. The van der Waals surface area contributed by atoms with Crippen molar-refractivity contribution in [3.8, 4) is 11.1 Å². The average molecular weight is 205 g/mol. The van der Waals surface area contributed by atoms with Crippen LogP contribution in [-0.2, 0) is 0 Å². The summed E-state index contributed by atoms with van der Waals surface area (Å²) in [7, 11) is 0. The van der Waals surface area contributed by atoms with Crippen LogP contribution in [0.25, 0.3) is 11.1 Å². The Kier molecular flexibility index (Phi) is 2.37. The molecule has 0 bridgehead atoms. The molecule has 0 aliphatic carbocycles. The highest BCUT2D eigenvalue weighted by Crippen LogP contribution is 2.29. The Morgan fingerprint density at radius 2 is 1.40 bits per heavy atom. The number of hydrogen-bond acceptors (Lipinski definition) is 1. The maximum atomic E-state index is 13.4. The highest BCUT2D eigenvalue weighted by Gasteiger charge is 2.12. The summed E-state index contributed by atoms with van der Waals surface area (Å²) in [5.41, 5.74) is 6.33. The SMILES string of the molecule is Nc1ccccc1-c1c(F)cccc1F. The van der Waals surface area contributed by atoms with Gasteiger partial charge in [0.15, 0.2) is 0 Å². The number of nitrogens with two attached hydrogens (primary N) is 1. The van der Waals surface area contributed by atoms with E-state index in [1.54, 1.807) is 24.3 Å². The number of anilines is 1. The van der Waals surface area contributed by atoms with E-state index in [2.05, 4.69) is 0 Å². The summed E-state index contributed by atoms with van der Waals surface area (Å²) in [5, 5.41) is 0. The Morgan fingerprint density at radius 3 is 2.00 bits per heavy atom. The Bertz CT molecular complexity index is 474. The second kappa shape index (κ2) is 3.69. The van der Waals surface area contributed by atoms with Crippen molar-refractivity contribution in [1.82, 2.24) is 0 Å². The third kappa shape index (κ3) is 1.68. The summed E-state index contributed by atoms with van der Waals surface area (Å²) >= 11 is 0. The molecule has 0 saturated heterocycles. The van der Waals surface area contributed by atoms with Gasteiger partial charge in [-0.15, -0.1) is 0 Å². The molecule has 0 fully saturated rings. The normalized spacial score (nSPS) is 10.3. The first-order chi connectivity index (χ1) is 7.20. The van der Waals surface area contributed by atoms with Crippen molar-refractivity contribution in [3.63, 3.8) is 0 Å². The number of benzene rings is 2. The predicted molar refractivity (Wildman–Crippen MR) is 56.2 cm³/mol. The smallest absolute Gasteiger partial charge is 0.134 e. The number of halogens is 2. The van der Waals surface area contributed by atoms with Crippen LogP contribution in [0.2, 0.25) is 0 Å². The molecule has 0 amide bonds. The van der Waals surface area contributed by atoms with Gasteiger partial charge in [-0.3, -0.25) is 0 Å². The number of para-hydroxylation sites is 1. The van der Waals surface area contributed by atoms with Gasteiger partial charge in [0.25, 0.3) is 0 Å². The van der Waals surface area contributed by atoms with E-state index in [9.17, 15) is 8.78 Å². The molecule has 0 heterocycles. The molecule has 0 aliphatic rings. The third-order valence-corrected chi connectivity index (χ3v) is 2.19. The minimum Gasteiger partial charge on any atom is -0.398 e. The van der Waals surface area contributed by atoms with Gasteiger partial charge in [0.2, 0.25) is 0 Å². The van der Waals surface area contributed by atoms with Crippen LogP contribution in [0, 0.1) is 11.6 Å². The largest absolute Gasteiger partial charge is 0.398 e. The second-order valence-corrected chi connectivity index (χ2v) is 3.18. The summed E-state index contributed by atoms with van der Waals surface area (Å²) in [6.07, 6.45) is 0. The fourth-order valence-electron chi connectivity index (χ4n) is 1.48. The standard InChI is InChI=1S/C12H9F2N/c13-9-5-3-6-10(14)12(9)8-4-1-2-7-11(8)15/h1-7H,15H2. The van der Waals surface area contributed by atoms with Crippen LogP contribution >= 0.6 is 0 Å². The Morgan fingerprint density at radius 1 is 0.800 bits per heavy atom. The molecule has 1 nitrogen and oxygen atoms in total. The van der Waals surface area contributed by atoms with E-state index in [0.29, 0.717) is 11.3 Å². The number of rotatable bonds is 1. The molecule has 0 saturated carbocycles. The minimum absolute atomic E-state index is 0.0735. The zero-order chi connectivity index (χ0) is 10.8. The predicted octanol–water partition coefficient (Wildman–Crippen LogP) is 3.21. The van der Waals surface area contributed by atoms with Crippen LogP contribution in [0.1, 0.15) is 0 Å². The highest BCUT2D eigenvalue weighted by atomic mass is 19.1. The van der Waals surface area contributed by atoms with E-state index in [0.717, 1.165) is 0 Å². The van der Waals surface area contributed by atoms with Crippen LogP contribution in [0.15, 0.2) is 42.5 Å². The summed E-state index contributed by atoms with van der Waals surface area (Å²) in [6.45, 7) is 0. The molecule has 0 aliphatic heterocycles. The molecule has 76 valence electrons. The lowest BCUT2D eigenvalue weighted by Crippen LogP contribution is -1.94. The lowest BCUT2D eigenvalue weighted by atomic mass is 10.0. The molecule has 3 heteroatoms. The lowest BCUT2D eigenvalue weighted by molar-refractivity contribution is 0.590. The van der Waals surface area contributed by atoms with Gasteiger partial charge in [0.1, 0.15) is 11.6 Å². The maximum absolute atomic E-state index is 13.4. The Labute approximate surface area is 86.2 Å². The first-order valence-electron chi connectivity index (χ1n) is 4.49. The van der Waals surface area contributed by atoms with Gasteiger partial charge < -0.3 is 5.73 Å². The fourth-order valence-corrected chi connectivity index (χ4v) is 1.48. The summed E-state index contributed by atoms with van der Waals surface area (Å²) in [5.74, 6) is -1.21. The summed E-state index contributed by atoms with van der Waals surface area (Å²) in [6, 6.07) is 10.4. The van der Waals surface area contributed by atoms with Crippen molar-refractivity contribution in [1.29, 1.82) is 0 Å². The van der Waals surface area contributed by atoms with Crippen LogP contribution < -0.4 is 5.73 Å². The summed E-state index contributed by atoms with van der Waals surface area (Å²) in [4.78, 5) is 0. The lowest BCUT2D eigenvalue weighted by Gasteiger charge is -2.07. The molecule has 15 heavy (non-hydrogen) atoms. The monoisotopic (exact) mass is 205 g/mol. The average Bonchev–Trinajstić information content (AvgIpc) is 2.20. The van der Waals surface area contributed by atoms with Gasteiger partial charge in [0, 0.05) is 11.3 Å². The fraction of sp³-hybridized carbons (Fsp3) is 0. The van der Waals surface area contributed by atoms with Gasteiger partial charge in [0.05, 0.1) is 5.56 Å². The Balaban J connectivity index is 2.69. The van der Waals surface area contributed by atoms with Crippen molar-refractivity contribution in [2.75, 3.05) is 5.73 Å². The first-order valence-corrected chi connectivity index (χ1v) is 4.49.